The van der Waals surface area contributed by atoms with Gasteiger partial charge in [0.05, 0.1) is 33.1 Å². The highest BCUT2D eigenvalue weighted by atomic mass is 16.6. The van der Waals surface area contributed by atoms with E-state index in [0.29, 0.717) is 35.5 Å². The van der Waals surface area contributed by atoms with Gasteiger partial charge in [0.1, 0.15) is 65.5 Å². The van der Waals surface area contributed by atoms with Crippen LogP contribution in [0.1, 0.15) is 185 Å². The number of esters is 2. The van der Waals surface area contributed by atoms with Gasteiger partial charge < -0.3 is 61.5 Å². The van der Waals surface area contributed by atoms with Crippen LogP contribution in [-0.4, -0.2) is 127 Å². The number of rotatable bonds is 22. The summed E-state index contributed by atoms with van der Waals surface area (Å²) in [5, 5.41) is 22.4. The first-order valence-corrected chi connectivity index (χ1v) is 30.8. The number of methoxy groups -OCH3 is 2. The molecule has 9 atom stereocenters. The summed E-state index contributed by atoms with van der Waals surface area (Å²) in [5.74, 6) is -8.26. The third-order valence-electron chi connectivity index (χ3n) is 14.7. The standard InChI is InChI=1S/C65H102N8O14/c1-18-41(12)56-64(83)86-46(24-19-36(2)3)34-53(75)66-47(29-30-52(74)71-57(42-20-25-44(84-16)26-21-42)43-22-27-45(85-17)28-23-43)58(77)67-48(31-37(4)5)59(78)68-49(32-38(6)7)61(80)72-55(40(10)11)63(82)70-51(35-54(76)87-65(13,14)15)60(79)69-50(33-39(8)9)62(81)73-56/h20-23,25-28,36-41,46-51,55-57H,18-19,24,29-35H2,1-17H3,(H,66,75)(H,67,77)(H,68,78)(H,69,79)(H,70,82)(H,71,74)(H,72,80)(H,73,81)/t41-,46?,47-,48-,49+,50+,51-,55-,56-/m0/s1. The van der Waals surface area contributed by atoms with E-state index < -0.39 is 144 Å². The largest absolute Gasteiger partial charge is 0.497 e. The Kier molecular flexibility index (Phi) is 30.2. The molecule has 8 N–H and O–H groups in total. The Bertz CT molecular complexity index is 2550. The molecular formula is C65H102N8O14. The van der Waals surface area contributed by atoms with Crippen molar-refractivity contribution in [2.24, 2.45) is 35.5 Å². The molecule has 1 saturated heterocycles. The van der Waals surface area contributed by atoms with Crippen LogP contribution in [0.3, 0.4) is 0 Å². The third kappa shape index (κ3) is 25.9. The summed E-state index contributed by atoms with van der Waals surface area (Å²) in [6.07, 6.45) is -1.47. The lowest BCUT2D eigenvalue weighted by Gasteiger charge is -2.30. The van der Waals surface area contributed by atoms with Crippen LogP contribution in [0.4, 0.5) is 0 Å². The molecular weight excluding hydrogens is 1120 g/mol. The molecule has 486 valence electrons. The van der Waals surface area contributed by atoms with E-state index in [0.717, 1.165) is 0 Å². The van der Waals surface area contributed by atoms with Crippen LogP contribution in [0.25, 0.3) is 0 Å². The maximum absolute atomic E-state index is 14.8. The zero-order chi connectivity index (χ0) is 65.5. The van der Waals surface area contributed by atoms with Crippen LogP contribution >= 0.6 is 0 Å². The molecule has 1 unspecified atom stereocenters. The van der Waals surface area contributed by atoms with Crippen LogP contribution < -0.4 is 52.0 Å². The Hall–Kier alpha value is -7.26. The number of nitrogens with one attached hydrogen (secondary N) is 8. The summed E-state index contributed by atoms with van der Waals surface area (Å²) < 4.78 is 22.5. The van der Waals surface area contributed by atoms with Gasteiger partial charge in [0.2, 0.25) is 47.3 Å². The summed E-state index contributed by atoms with van der Waals surface area (Å²) in [6.45, 7) is 26.7. The van der Waals surface area contributed by atoms with Gasteiger partial charge >= 0.3 is 11.9 Å². The van der Waals surface area contributed by atoms with Gasteiger partial charge in [-0.25, -0.2) is 4.79 Å². The van der Waals surface area contributed by atoms with E-state index in [9.17, 15) is 47.9 Å². The highest BCUT2D eigenvalue weighted by molar-refractivity contribution is 5.98. The van der Waals surface area contributed by atoms with Gasteiger partial charge in [-0.3, -0.25) is 43.2 Å². The van der Waals surface area contributed by atoms with Gasteiger partial charge in [-0.05, 0) is 130 Å². The molecule has 8 amide bonds. The number of amides is 8. The normalized spacial score (nSPS) is 22.4. The number of benzene rings is 2. The van der Waals surface area contributed by atoms with Crippen molar-refractivity contribution in [3.8, 4) is 11.5 Å². The van der Waals surface area contributed by atoms with Crippen LogP contribution in [0.5, 0.6) is 11.5 Å². The topological polar surface area (TPSA) is 304 Å². The van der Waals surface area contributed by atoms with Gasteiger partial charge in [-0.15, -0.1) is 0 Å². The van der Waals surface area contributed by atoms with E-state index in [-0.39, 0.29) is 62.2 Å². The Balaban J connectivity index is 2.25. The molecule has 87 heavy (non-hydrogen) atoms. The smallest absolute Gasteiger partial charge is 0.329 e. The Morgan fingerprint density at radius 3 is 1.39 bits per heavy atom. The number of cyclic esters (lactones) is 1. The molecule has 1 heterocycles. The summed E-state index contributed by atoms with van der Waals surface area (Å²) in [6, 6.07) is 4.05. The molecule has 22 heteroatoms. The summed E-state index contributed by atoms with van der Waals surface area (Å²) in [7, 11) is 3.09. The Morgan fingerprint density at radius 1 is 0.552 bits per heavy atom. The average molecular weight is 1220 g/mol. The van der Waals surface area contributed by atoms with Crippen molar-refractivity contribution >= 4 is 59.2 Å². The lowest BCUT2D eigenvalue weighted by molar-refractivity contribution is -0.158. The van der Waals surface area contributed by atoms with Crippen LogP contribution in [0.15, 0.2) is 48.5 Å². The zero-order valence-electron chi connectivity index (χ0n) is 54.6. The lowest BCUT2D eigenvalue weighted by atomic mass is 9.96. The van der Waals surface area contributed by atoms with Crippen LogP contribution in [0.2, 0.25) is 0 Å². The number of ether oxygens (including phenoxy) is 4. The van der Waals surface area contributed by atoms with E-state index in [1.807, 2.05) is 86.6 Å². The van der Waals surface area contributed by atoms with Crippen molar-refractivity contribution in [2.45, 2.75) is 228 Å². The highest BCUT2D eigenvalue weighted by Gasteiger charge is 2.39. The second kappa shape index (κ2) is 35.5. The van der Waals surface area contributed by atoms with E-state index in [1.54, 1.807) is 80.0 Å². The monoisotopic (exact) mass is 1220 g/mol. The first-order chi connectivity index (χ1) is 40.7. The maximum Gasteiger partial charge on any atom is 0.329 e. The van der Waals surface area contributed by atoms with Gasteiger partial charge in [0.25, 0.3) is 0 Å². The fraction of sp³-hybridized carbons (Fsp3) is 0.662. The van der Waals surface area contributed by atoms with Crippen molar-refractivity contribution in [3.63, 3.8) is 0 Å². The van der Waals surface area contributed by atoms with Crippen LogP contribution in [0, 0.1) is 35.5 Å². The molecule has 0 aromatic heterocycles. The molecule has 2 aromatic carbocycles. The molecule has 0 saturated carbocycles. The maximum atomic E-state index is 14.8. The molecule has 1 aliphatic heterocycles. The number of carbonyl (C=O) groups is 10. The Morgan fingerprint density at radius 2 is 0.977 bits per heavy atom. The van der Waals surface area contributed by atoms with E-state index >= 15 is 0 Å². The molecule has 1 fully saturated rings. The number of hydrogen-bond acceptors (Lipinski definition) is 14. The minimum Gasteiger partial charge on any atom is -0.497 e. The molecule has 0 spiro atoms. The summed E-state index contributed by atoms with van der Waals surface area (Å²) in [5.41, 5.74) is 0.448. The predicted molar refractivity (Wildman–Crippen MR) is 330 cm³/mol. The third-order valence-corrected chi connectivity index (χ3v) is 14.7. The summed E-state index contributed by atoms with van der Waals surface area (Å²) in [4.78, 5) is 144. The number of carbonyl (C=O) groups excluding carboxylic acids is 10. The molecule has 0 aliphatic carbocycles. The average Bonchev–Trinajstić information content (AvgIpc) is 2.46. The molecule has 2 aromatic rings. The van der Waals surface area contributed by atoms with Crippen molar-refractivity contribution in [1.82, 2.24) is 42.5 Å². The van der Waals surface area contributed by atoms with Crippen molar-refractivity contribution in [3.05, 3.63) is 59.7 Å². The van der Waals surface area contributed by atoms with Gasteiger partial charge in [0.15, 0.2) is 0 Å². The van der Waals surface area contributed by atoms with E-state index in [2.05, 4.69) is 42.5 Å². The second-order valence-electron chi connectivity index (χ2n) is 26.0. The van der Waals surface area contributed by atoms with E-state index in [1.165, 1.54) is 0 Å². The zero-order valence-corrected chi connectivity index (χ0v) is 54.6. The van der Waals surface area contributed by atoms with E-state index in [4.69, 9.17) is 18.9 Å². The first-order valence-electron chi connectivity index (χ1n) is 30.8. The van der Waals surface area contributed by atoms with Crippen LogP contribution in [-0.2, 0) is 57.4 Å². The number of hydrogen-bond donors (Lipinski definition) is 8. The molecule has 0 radical (unpaired) electrons. The van der Waals surface area contributed by atoms with Gasteiger partial charge in [0, 0.05) is 6.42 Å². The Labute approximate surface area is 515 Å². The second-order valence-corrected chi connectivity index (χ2v) is 26.0. The minimum absolute atomic E-state index is 0.0537. The van der Waals surface area contributed by atoms with Crippen molar-refractivity contribution in [1.29, 1.82) is 0 Å². The quantitative estimate of drug-likeness (QED) is 0.0592. The van der Waals surface area contributed by atoms with Crippen molar-refractivity contribution in [2.75, 3.05) is 14.2 Å². The molecule has 0 bridgehead atoms. The lowest BCUT2D eigenvalue weighted by Crippen LogP contribution is -2.61. The highest BCUT2D eigenvalue weighted by Crippen LogP contribution is 2.27. The molecule has 3 rings (SSSR count). The fourth-order valence-corrected chi connectivity index (χ4v) is 9.81. The predicted octanol–water partition coefficient (Wildman–Crippen LogP) is 6.41. The summed E-state index contributed by atoms with van der Waals surface area (Å²) >= 11 is 0. The van der Waals surface area contributed by atoms with Gasteiger partial charge in [-0.2, -0.15) is 0 Å². The molecule has 1 aliphatic rings. The SMILES string of the molecule is CC[C@H](C)[C@@H]1NC(=O)[C@@H](CC(C)C)NC(=O)[C@H](CC(=O)OC(C)(C)C)NC(=O)[C@H](C(C)C)NC(=O)[C@@H](CC(C)C)NC(=O)[C@H](CC(C)C)NC(=O)[C@H](CCC(=O)NC(c2ccc(OC)cc2)c2ccc(OC)cc2)NC(=O)CC(CCC(C)C)OC1=O. The minimum atomic E-state index is -1.63. The van der Waals surface area contributed by atoms with Gasteiger partial charge in [-0.1, -0.05) is 114 Å². The molecule has 22 nitrogen and oxygen atoms in total. The first kappa shape index (κ1) is 74.0. The fourth-order valence-electron chi connectivity index (χ4n) is 9.81. The van der Waals surface area contributed by atoms with Crippen molar-refractivity contribution < 1.29 is 66.9 Å².